The molecule has 0 aromatic rings. The van der Waals surface area contributed by atoms with Crippen LogP contribution >= 0.6 is 0 Å². The number of hydrogen-bond acceptors (Lipinski definition) is 11. The largest absolute Gasteiger partial charge is 0.490 e. The average molecular weight is 720 g/mol. The first kappa shape index (κ1) is 43.9. The summed E-state index contributed by atoms with van der Waals surface area (Å²) in [6.07, 6.45) is 5.90. The molecule has 0 unspecified atom stereocenters. The number of aliphatic hydroxyl groups excluding tert-OH is 2. The van der Waals surface area contributed by atoms with E-state index in [1.165, 1.54) is 20.3 Å². The second kappa shape index (κ2) is 19.5. The summed E-state index contributed by atoms with van der Waals surface area (Å²) in [5, 5.41) is 34.9. The van der Waals surface area contributed by atoms with E-state index in [1.54, 1.807) is 32.9 Å². The molecule has 0 aromatic heterocycles. The number of methoxy groups -OCH3 is 2. The minimum atomic E-state index is -1.97. The Morgan fingerprint density at radius 2 is 1.73 bits per heavy atom. The van der Waals surface area contributed by atoms with Crippen LogP contribution in [0.25, 0.3) is 0 Å². The van der Waals surface area contributed by atoms with Crippen molar-refractivity contribution in [2.75, 3.05) is 14.2 Å². The van der Waals surface area contributed by atoms with Gasteiger partial charge in [-0.1, -0.05) is 83.9 Å². The Morgan fingerprint density at radius 1 is 1.08 bits per heavy atom. The third-order valence-electron chi connectivity index (χ3n) is 10.1. The highest BCUT2D eigenvalue weighted by atomic mass is 16.6. The zero-order valence-electron chi connectivity index (χ0n) is 32.1. The predicted octanol–water partition coefficient (Wildman–Crippen LogP) is 4.29. The fourth-order valence-corrected chi connectivity index (χ4v) is 7.01. The summed E-state index contributed by atoms with van der Waals surface area (Å²) < 4.78 is 29.2. The maximum absolute atomic E-state index is 13.6. The van der Waals surface area contributed by atoms with E-state index >= 15 is 0 Å². The zero-order chi connectivity index (χ0) is 38.8. The van der Waals surface area contributed by atoms with Crippen LogP contribution in [0.3, 0.4) is 0 Å². The van der Waals surface area contributed by atoms with Crippen LogP contribution in [0.1, 0.15) is 75.2 Å². The molecule has 0 spiro atoms. The predicted molar refractivity (Wildman–Crippen MR) is 192 cm³/mol. The minimum absolute atomic E-state index is 0.0408. The molecule has 2 heterocycles. The van der Waals surface area contributed by atoms with Crippen LogP contribution in [0.15, 0.2) is 59.4 Å². The normalized spacial score (nSPS) is 33.4. The van der Waals surface area contributed by atoms with Crippen molar-refractivity contribution in [1.29, 1.82) is 0 Å². The van der Waals surface area contributed by atoms with Crippen molar-refractivity contribution in [3.63, 3.8) is 0 Å². The molecule has 12 nitrogen and oxygen atoms in total. The molecule has 12 atom stereocenters. The second-order valence-corrected chi connectivity index (χ2v) is 14.7. The van der Waals surface area contributed by atoms with Gasteiger partial charge in [-0.15, -0.1) is 0 Å². The lowest BCUT2D eigenvalue weighted by Crippen LogP contribution is -2.59. The smallest absolute Gasteiger partial charge is 0.373 e. The standard InChI is InChI=1S/C39H61NO11/c1-21(2)36-26(7)31(49-33(42)16-15-32(40)41)20-39(46,51-36)28(9)35(44)27(8)37-29(47-10)14-12-13-22(3)17-24(5)34(43)25(6)18-23(4)19-30(48-11)38(45)50-37/h12-16,18-19,21,24-29,31,34-37,43-44,46H,17,20H2,1-11H3,(H2,40,41)/b14-12?,16-15+,22-13?,23-18?,30-19?/t24-,25+,26-,27-,28-,29-,31+,34-,35+,36+,37+,39+/m0/s1. The van der Waals surface area contributed by atoms with Crippen molar-refractivity contribution in [2.45, 2.75) is 118 Å². The summed E-state index contributed by atoms with van der Waals surface area (Å²) in [6, 6.07) is 0. The van der Waals surface area contributed by atoms with Gasteiger partial charge in [-0.2, -0.15) is 0 Å². The molecule has 1 amide bonds. The van der Waals surface area contributed by atoms with E-state index in [1.807, 2.05) is 53.7 Å². The van der Waals surface area contributed by atoms with Crippen LogP contribution in [0.5, 0.6) is 0 Å². The van der Waals surface area contributed by atoms with E-state index in [2.05, 4.69) is 0 Å². The molecule has 0 aromatic carbocycles. The first-order valence-corrected chi connectivity index (χ1v) is 17.7. The van der Waals surface area contributed by atoms with Gasteiger partial charge in [0, 0.05) is 49.4 Å². The summed E-state index contributed by atoms with van der Waals surface area (Å²) in [4.78, 5) is 37.4. The lowest BCUT2D eigenvalue weighted by molar-refractivity contribution is -0.329. The topological polar surface area (TPSA) is 184 Å². The van der Waals surface area contributed by atoms with E-state index in [-0.39, 0.29) is 35.9 Å². The Bertz CT molecular complexity index is 1350. The monoisotopic (exact) mass is 719 g/mol. The SMILES string of the molecule is COC1=CC(C)=C[C@@H](C)[C@@H](O)[C@@H](C)CC(C)=CC=C[C@H](OC)[C@@H]([C@@H](C)[C@@H](O)[C@H](C)[C@@]2(O)C[C@@H](OC(=O)/C=C/C(N)=O)[C@H](C)[C@@H](C(C)C)O2)OC1=O. The first-order chi connectivity index (χ1) is 23.8. The Hall–Kier alpha value is -3.29. The van der Waals surface area contributed by atoms with Gasteiger partial charge in [-0.3, -0.25) is 4.79 Å². The lowest BCUT2D eigenvalue weighted by atomic mass is 9.76. The summed E-state index contributed by atoms with van der Waals surface area (Å²) in [5.41, 5.74) is 6.84. The van der Waals surface area contributed by atoms with E-state index < -0.39 is 72.1 Å². The van der Waals surface area contributed by atoms with Crippen LogP contribution < -0.4 is 5.73 Å². The van der Waals surface area contributed by atoms with E-state index in [0.717, 1.165) is 17.7 Å². The van der Waals surface area contributed by atoms with Crippen molar-refractivity contribution < 1.29 is 53.4 Å². The molecule has 12 heteroatoms. The Labute approximate surface area is 303 Å². The number of cyclic esters (lactones) is 1. The van der Waals surface area contributed by atoms with Crippen molar-refractivity contribution >= 4 is 17.8 Å². The summed E-state index contributed by atoms with van der Waals surface area (Å²) in [7, 11) is 2.82. The molecule has 2 aliphatic rings. The molecule has 0 aliphatic carbocycles. The lowest BCUT2D eigenvalue weighted by Gasteiger charge is -2.50. The van der Waals surface area contributed by atoms with Crippen LogP contribution in [0, 0.1) is 35.5 Å². The van der Waals surface area contributed by atoms with Gasteiger partial charge in [-0.25, -0.2) is 9.59 Å². The maximum Gasteiger partial charge on any atom is 0.373 e. The van der Waals surface area contributed by atoms with Gasteiger partial charge in [-0.05, 0) is 38.2 Å². The Kier molecular flexibility index (Phi) is 16.8. The molecule has 288 valence electrons. The summed E-state index contributed by atoms with van der Waals surface area (Å²) >= 11 is 0. The molecule has 1 fully saturated rings. The highest BCUT2D eigenvalue weighted by Crippen LogP contribution is 2.42. The number of rotatable bonds is 10. The number of amides is 1. The number of carbonyl (C=O) groups is 3. The number of carbonyl (C=O) groups excluding carboxylic acids is 3. The maximum atomic E-state index is 13.6. The summed E-state index contributed by atoms with van der Waals surface area (Å²) in [6.45, 7) is 16.6. The fourth-order valence-electron chi connectivity index (χ4n) is 7.01. The van der Waals surface area contributed by atoms with Crippen molar-refractivity contribution in [3.05, 3.63) is 59.4 Å². The first-order valence-electron chi connectivity index (χ1n) is 17.7. The number of esters is 2. The average Bonchev–Trinajstić information content (AvgIpc) is 3.06. The molecule has 51 heavy (non-hydrogen) atoms. The van der Waals surface area contributed by atoms with E-state index in [9.17, 15) is 29.7 Å². The van der Waals surface area contributed by atoms with Gasteiger partial charge < -0.3 is 44.7 Å². The fraction of sp³-hybridized carbons (Fsp3) is 0.667. The van der Waals surface area contributed by atoms with Gasteiger partial charge in [0.2, 0.25) is 11.7 Å². The number of primary amides is 1. The molecular weight excluding hydrogens is 658 g/mol. The molecule has 0 bridgehead atoms. The van der Waals surface area contributed by atoms with E-state index in [0.29, 0.717) is 12.0 Å². The minimum Gasteiger partial charge on any atom is -0.490 e. The Balaban J connectivity index is 2.55. The van der Waals surface area contributed by atoms with Crippen LogP contribution in [-0.2, 0) is 38.1 Å². The molecule has 0 saturated carbocycles. The van der Waals surface area contributed by atoms with E-state index in [4.69, 9.17) is 29.4 Å². The van der Waals surface area contributed by atoms with Gasteiger partial charge in [0.05, 0.1) is 25.4 Å². The van der Waals surface area contributed by atoms with Crippen LogP contribution in [0.2, 0.25) is 0 Å². The third-order valence-corrected chi connectivity index (χ3v) is 10.1. The number of hydrogen-bond donors (Lipinski definition) is 4. The highest BCUT2D eigenvalue weighted by molar-refractivity contribution is 5.93. The Morgan fingerprint density at radius 3 is 2.29 bits per heavy atom. The number of ether oxygens (including phenoxy) is 5. The van der Waals surface area contributed by atoms with Gasteiger partial charge >= 0.3 is 11.9 Å². The van der Waals surface area contributed by atoms with Crippen molar-refractivity contribution in [3.8, 4) is 0 Å². The molecular formula is C39H61NO11. The van der Waals surface area contributed by atoms with Crippen molar-refractivity contribution in [2.24, 2.45) is 41.2 Å². The highest BCUT2D eigenvalue weighted by Gasteiger charge is 2.53. The zero-order valence-corrected chi connectivity index (χ0v) is 32.1. The quantitative estimate of drug-likeness (QED) is 0.187. The van der Waals surface area contributed by atoms with Gasteiger partial charge in [0.25, 0.3) is 0 Å². The molecule has 2 rings (SSSR count). The molecule has 5 N–H and O–H groups in total. The van der Waals surface area contributed by atoms with Crippen molar-refractivity contribution in [1.82, 2.24) is 0 Å². The molecule has 2 aliphatic heterocycles. The number of nitrogens with two attached hydrogens (primary N) is 1. The second-order valence-electron chi connectivity index (χ2n) is 14.7. The van der Waals surface area contributed by atoms with Gasteiger partial charge in [0.1, 0.15) is 18.3 Å². The van der Waals surface area contributed by atoms with Gasteiger partial charge in [0.15, 0.2) is 5.79 Å². The number of aliphatic hydroxyl groups is 3. The number of allylic oxidation sites excluding steroid dienone is 5. The molecule has 1 saturated heterocycles. The van der Waals surface area contributed by atoms with Crippen LogP contribution in [-0.4, -0.2) is 89.8 Å². The van der Waals surface area contributed by atoms with Crippen LogP contribution in [0.4, 0.5) is 0 Å². The third kappa shape index (κ3) is 12.1. The summed E-state index contributed by atoms with van der Waals surface area (Å²) in [5.74, 6) is -6.96. The molecule has 0 radical (unpaired) electrons.